The molecular formula is C8H16. The highest BCUT2D eigenvalue weighted by Gasteiger charge is 2.20. The van der Waals surface area contributed by atoms with Crippen LogP contribution in [0, 0.1) is 11.8 Å². The zero-order valence-electron chi connectivity index (χ0n) is 5.98. The maximum absolute atomic E-state index is 2.39. The van der Waals surface area contributed by atoms with Crippen LogP contribution in [0.3, 0.4) is 0 Å². The quantitative estimate of drug-likeness (QED) is 0.489. The largest absolute Gasteiger partial charge is 0.0651 e. The molecule has 0 aromatic carbocycles. The third kappa shape index (κ3) is 1.04. The van der Waals surface area contributed by atoms with Crippen molar-refractivity contribution in [1.82, 2.24) is 0 Å². The molecule has 1 rings (SSSR count). The minimum atomic E-state index is 1.03. The fraction of sp³-hybridized carbons (Fsp3) is 1.00. The van der Waals surface area contributed by atoms with Crippen molar-refractivity contribution >= 4 is 0 Å². The molecule has 0 bridgehead atoms. The predicted molar refractivity (Wildman–Crippen MR) is 36.8 cm³/mol. The predicted octanol–water partition coefficient (Wildman–Crippen LogP) is 2.83. The Labute approximate surface area is 52.3 Å². The van der Waals surface area contributed by atoms with Gasteiger partial charge in [-0.1, -0.05) is 39.5 Å². The maximum atomic E-state index is 2.39. The third-order valence-corrected chi connectivity index (χ3v) is 2.56. The topological polar surface area (TPSA) is 0 Å². The average Bonchev–Trinajstić information content (AvgIpc) is 2.14. The third-order valence-electron chi connectivity index (χ3n) is 2.56. The van der Waals surface area contributed by atoms with Crippen LogP contribution >= 0.6 is 0 Å². The van der Waals surface area contributed by atoms with Gasteiger partial charge in [0.25, 0.3) is 0 Å². The van der Waals surface area contributed by atoms with Gasteiger partial charge in [0, 0.05) is 0 Å². The summed E-state index contributed by atoms with van der Waals surface area (Å²) in [6.07, 6.45) is 5.87. The average molecular weight is 112 g/mol. The van der Waals surface area contributed by atoms with Gasteiger partial charge in [0.15, 0.2) is 0 Å². The molecule has 2 atom stereocenters. The number of hydrogen-bond donors (Lipinski definition) is 0. The normalized spacial score (nSPS) is 38.2. The van der Waals surface area contributed by atoms with Gasteiger partial charge in [-0.05, 0) is 11.8 Å². The van der Waals surface area contributed by atoms with Crippen molar-refractivity contribution in [1.29, 1.82) is 0 Å². The highest BCUT2D eigenvalue weighted by Crippen LogP contribution is 2.32. The van der Waals surface area contributed by atoms with Crippen molar-refractivity contribution in [2.75, 3.05) is 0 Å². The first kappa shape index (κ1) is 6.12. The first-order chi connectivity index (χ1) is 3.84. The Kier molecular flexibility index (Phi) is 1.93. The lowest BCUT2D eigenvalue weighted by Crippen LogP contribution is -2.00. The summed E-state index contributed by atoms with van der Waals surface area (Å²) in [5.41, 5.74) is 0. The number of rotatable bonds is 1. The van der Waals surface area contributed by atoms with Crippen LogP contribution < -0.4 is 0 Å². The van der Waals surface area contributed by atoms with Crippen molar-refractivity contribution < 1.29 is 0 Å². The van der Waals surface area contributed by atoms with Gasteiger partial charge in [-0.15, -0.1) is 0 Å². The standard InChI is InChI=1S/C8H16/c1-3-8-6-4-5-7(8)2/h7-8H,3-6H2,1-2H3/t7-,8-/m1/s1. The van der Waals surface area contributed by atoms with Crippen molar-refractivity contribution in [3.63, 3.8) is 0 Å². The van der Waals surface area contributed by atoms with Gasteiger partial charge in [-0.3, -0.25) is 0 Å². The second kappa shape index (κ2) is 2.52. The molecule has 0 amide bonds. The molecule has 0 radical (unpaired) electrons. The zero-order chi connectivity index (χ0) is 5.98. The molecule has 1 saturated carbocycles. The zero-order valence-corrected chi connectivity index (χ0v) is 5.98. The van der Waals surface area contributed by atoms with E-state index in [4.69, 9.17) is 0 Å². The Hall–Kier alpha value is 0. The fourth-order valence-corrected chi connectivity index (χ4v) is 1.83. The van der Waals surface area contributed by atoms with E-state index in [0.717, 1.165) is 11.8 Å². The van der Waals surface area contributed by atoms with Gasteiger partial charge >= 0.3 is 0 Å². The minimum Gasteiger partial charge on any atom is -0.0651 e. The van der Waals surface area contributed by atoms with E-state index in [1.165, 1.54) is 25.7 Å². The van der Waals surface area contributed by atoms with Crippen LogP contribution in [0.5, 0.6) is 0 Å². The Balaban J connectivity index is 2.30. The van der Waals surface area contributed by atoms with Crippen LogP contribution in [0.15, 0.2) is 0 Å². The van der Waals surface area contributed by atoms with Crippen molar-refractivity contribution in [3.8, 4) is 0 Å². The molecule has 8 heavy (non-hydrogen) atoms. The second-order valence-electron chi connectivity index (χ2n) is 3.08. The molecule has 0 saturated heterocycles. The summed E-state index contributed by atoms with van der Waals surface area (Å²) in [6.45, 7) is 4.70. The molecular weight excluding hydrogens is 96.1 g/mol. The van der Waals surface area contributed by atoms with E-state index in [2.05, 4.69) is 13.8 Å². The molecule has 0 heterocycles. The Bertz CT molecular complexity index is 66.4. The Morgan fingerprint density at radius 1 is 1.38 bits per heavy atom. The van der Waals surface area contributed by atoms with Crippen molar-refractivity contribution in [2.45, 2.75) is 39.5 Å². The van der Waals surface area contributed by atoms with Crippen LogP contribution in [0.2, 0.25) is 0 Å². The molecule has 48 valence electrons. The highest BCUT2D eigenvalue weighted by atomic mass is 14.3. The van der Waals surface area contributed by atoms with Crippen LogP contribution in [0.25, 0.3) is 0 Å². The molecule has 0 N–H and O–H groups in total. The van der Waals surface area contributed by atoms with Gasteiger partial charge in [-0.25, -0.2) is 0 Å². The molecule has 1 aliphatic carbocycles. The van der Waals surface area contributed by atoms with Gasteiger partial charge in [0.1, 0.15) is 0 Å². The molecule has 0 unspecified atom stereocenters. The Morgan fingerprint density at radius 3 is 2.38 bits per heavy atom. The summed E-state index contributed by atoms with van der Waals surface area (Å²) in [5, 5.41) is 0. The van der Waals surface area contributed by atoms with E-state index in [-0.39, 0.29) is 0 Å². The molecule has 0 aliphatic heterocycles. The smallest absolute Gasteiger partial charge is 0.0391 e. The molecule has 0 aromatic heterocycles. The van der Waals surface area contributed by atoms with Crippen LogP contribution in [-0.2, 0) is 0 Å². The van der Waals surface area contributed by atoms with E-state index < -0.39 is 0 Å². The van der Waals surface area contributed by atoms with Gasteiger partial charge < -0.3 is 0 Å². The lowest BCUT2D eigenvalue weighted by Gasteiger charge is -2.10. The first-order valence-corrected chi connectivity index (χ1v) is 3.84. The van der Waals surface area contributed by atoms with E-state index in [0.29, 0.717) is 0 Å². The summed E-state index contributed by atoms with van der Waals surface area (Å²) < 4.78 is 0. The number of hydrogen-bond acceptors (Lipinski definition) is 0. The SMILES string of the molecule is CC[C@@H]1CCC[C@H]1C. The van der Waals surface area contributed by atoms with Crippen molar-refractivity contribution in [3.05, 3.63) is 0 Å². The summed E-state index contributed by atoms with van der Waals surface area (Å²) in [7, 11) is 0. The van der Waals surface area contributed by atoms with Gasteiger partial charge in [-0.2, -0.15) is 0 Å². The molecule has 0 heteroatoms. The lowest BCUT2D eigenvalue weighted by molar-refractivity contribution is 0.407. The second-order valence-corrected chi connectivity index (χ2v) is 3.08. The molecule has 1 fully saturated rings. The summed E-state index contributed by atoms with van der Waals surface area (Å²) in [5.74, 6) is 2.09. The van der Waals surface area contributed by atoms with Gasteiger partial charge in [0.2, 0.25) is 0 Å². The summed E-state index contributed by atoms with van der Waals surface area (Å²) in [4.78, 5) is 0. The van der Waals surface area contributed by atoms with Gasteiger partial charge in [0.05, 0.1) is 0 Å². The van der Waals surface area contributed by atoms with Crippen LogP contribution in [0.4, 0.5) is 0 Å². The molecule has 0 nitrogen and oxygen atoms in total. The maximum Gasteiger partial charge on any atom is -0.0391 e. The molecule has 1 aliphatic rings. The van der Waals surface area contributed by atoms with Crippen LogP contribution in [0.1, 0.15) is 39.5 Å². The first-order valence-electron chi connectivity index (χ1n) is 3.84. The monoisotopic (exact) mass is 112 g/mol. The van der Waals surface area contributed by atoms with Crippen LogP contribution in [-0.4, -0.2) is 0 Å². The Morgan fingerprint density at radius 2 is 2.12 bits per heavy atom. The summed E-state index contributed by atoms with van der Waals surface area (Å²) in [6, 6.07) is 0. The molecule has 0 spiro atoms. The highest BCUT2D eigenvalue weighted by molar-refractivity contribution is 4.72. The lowest BCUT2D eigenvalue weighted by atomic mass is 9.96. The van der Waals surface area contributed by atoms with Crippen molar-refractivity contribution in [2.24, 2.45) is 11.8 Å². The van der Waals surface area contributed by atoms with E-state index >= 15 is 0 Å². The van der Waals surface area contributed by atoms with E-state index in [1.54, 1.807) is 0 Å². The summed E-state index contributed by atoms with van der Waals surface area (Å²) >= 11 is 0. The molecule has 0 aromatic rings. The minimum absolute atomic E-state index is 1.03. The van der Waals surface area contributed by atoms with E-state index in [9.17, 15) is 0 Å². The fourth-order valence-electron chi connectivity index (χ4n) is 1.83. The van der Waals surface area contributed by atoms with E-state index in [1.807, 2.05) is 0 Å².